The lowest BCUT2D eigenvalue weighted by atomic mass is 10.2. The van der Waals surface area contributed by atoms with Crippen molar-refractivity contribution in [2.75, 3.05) is 32.1 Å². The molecule has 1 aromatic heterocycles. The molecule has 0 saturated heterocycles. The van der Waals surface area contributed by atoms with E-state index in [1.165, 1.54) is 26.4 Å². The van der Waals surface area contributed by atoms with E-state index in [2.05, 4.69) is 10.3 Å². The van der Waals surface area contributed by atoms with E-state index in [-0.39, 0.29) is 28.7 Å². The summed E-state index contributed by atoms with van der Waals surface area (Å²) < 4.78 is 24.1. The number of hydrogen-bond donors (Lipinski definition) is 2. The van der Waals surface area contributed by atoms with Crippen LogP contribution in [-0.4, -0.2) is 50.0 Å². The number of nitrogens with one attached hydrogen (secondary N) is 1. The molecule has 0 spiro atoms. The summed E-state index contributed by atoms with van der Waals surface area (Å²) in [5.41, 5.74) is 5.93. The normalized spacial score (nSPS) is 11.6. The highest BCUT2D eigenvalue weighted by molar-refractivity contribution is 7.89. The molecule has 0 bridgehead atoms. The molecular weight excluding hydrogens is 292 g/mol. The Balaban J connectivity index is 2.64. The van der Waals surface area contributed by atoms with Crippen molar-refractivity contribution in [3.8, 4) is 0 Å². The molecule has 0 saturated carbocycles. The second-order valence-corrected chi connectivity index (χ2v) is 6.64. The van der Waals surface area contributed by atoms with E-state index < -0.39 is 15.9 Å². The third-order valence-corrected chi connectivity index (χ3v) is 4.39. The fraction of sp³-hybridized carbons (Fsp3) is 0.400. The van der Waals surface area contributed by atoms with Gasteiger partial charge in [-0.3, -0.25) is 4.79 Å². The van der Waals surface area contributed by atoms with Crippen LogP contribution >= 0.6 is 11.6 Å². The summed E-state index contributed by atoms with van der Waals surface area (Å²) in [6, 6.07) is 1.33. The number of amides is 1. The summed E-state index contributed by atoms with van der Waals surface area (Å²) in [6.07, 6.45) is 1.27. The van der Waals surface area contributed by atoms with Crippen molar-refractivity contribution >= 4 is 33.2 Å². The molecule has 1 heterocycles. The first-order valence-corrected chi connectivity index (χ1v) is 7.32. The quantitative estimate of drug-likeness (QED) is 0.741. The van der Waals surface area contributed by atoms with Crippen molar-refractivity contribution in [1.29, 1.82) is 0 Å². The zero-order valence-corrected chi connectivity index (χ0v) is 12.1. The van der Waals surface area contributed by atoms with Gasteiger partial charge in [0, 0.05) is 20.6 Å². The highest BCUT2D eigenvalue weighted by Crippen LogP contribution is 2.14. The number of carbonyl (C=O) groups is 1. The van der Waals surface area contributed by atoms with Crippen LogP contribution in [0.2, 0.25) is 5.15 Å². The number of anilines is 1. The lowest BCUT2D eigenvalue weighted by molar-refractivity contribution is 0.0957. The summed E-state index contributed by atoms with van der Waals surface area (Å²) in [7, 11) is -0.489. The van der Waals surface area contributed by atoms with E-state index in [9.17, 15) is 13.2 Å². The first-order valence-electron chi connectivity index (χ1n) is 5.33. The third kappa shape index (κ3) is 4.34. The minimum Gasteiger partial charge on any atom is -0.397 e. The maximum absolute atomic E-state index is 11.8. The number of rotatable bonds is 5. The molecule has 0 atom stereocenters. The van der Waals surface area contributed by atoms with Crippen LogP contribution in [0.5, 0.6) is 0 Å². The SMILES string of the molecule is CN(C)S(=O)(=O)CCNC(=O)c1cc(Cl)ncc1N. The Morgan fingerprint density at radius 3 is 2.74 bits per heavy atom. The number of nitrogens with two attached hydrogens (primary N) is 1. The highest BCUT2D eigenvalue weighted by atomic mass is 35.5. The fourth-order valence-corrected chi connectivity index (χ4v) is 2.09. The minimum absolute atomic E-state index is 0.0152. The molecule has 0 aliphatic heterocycles. The van der Waals surface area contributed by atoms with Gasteiger partial charge in [-0.15, -0.1) is 0 Å². The highest BCUT2D eigenvalue weighted by Gasteiger charge is 2.15. The second-order valence-electron chi connectivity index (χ2n) is 3.95. The number of halogens is 1. The zero-order valence-electron chi connectivity index (χ0n) is 10.6. The van der Waals surface area contributed by atoms with Gasteiger partial charge in [-0.2, -0.15) is 0 Å². The number of nitrogen functional groups attached to an aromatic ring is 1. The van der Waals surface area contributed by atoms with E-state index in [1.54, 1.807) is 0 Å². The van der Waals surface area contributed by atoms with E-state index in [4.69, 9.17) is 17.3 Å². The average Bonchev–Trinajstić information content (AvgIpc) is 2.31. The number of nitrogens with zero attached hydrogens (tertiary/aromatic N) is 2. The summed E-state index contributed by atoms with van der Waals surface area (Å²) in [6.45, 7) is -0.0152. The molecule has 0 aromatic carbocycles. The third-order valence-electron chi connectivity index (χ3n) is 2.35. The van der Waals surface area contributed by atoms with E-state index in [0.29, 0.717) is 0 Å². The molecule has 0 unspecified atom stereocenters. The summed E-state index contributed by atoms with van der Waals surface area (Å²) in [5, 5.41) is 2.61. The molecule has 9 heteroatoms. The van der Waals surface area contributed by atoms with Gasteiger partial charge in [0.2, 0.25) is 10.0 Å². The van der Waals surface area contributed by atoms with Gasteiger partial charge >= 0.3 is 0 Å². The average molecular weight is 307 g/mol. The first-order chi connectivity index (χ1) is 8.74. The largest absolute Gasteiger partial charge is 0.397 e. The van der Waals surface area contributed by atoms with Gasteiger partial charge < -0.3 is 11.1 Å². The Morgan fingerprint density at radius 1 is 1.53 bits per heavy atom. The molecule has 1 aromatic rings. The van der Waals surface area contributed by atoms with Crippen LogP contribution in [0.3, 0.4) is 0 Å². The molecule has 1 rings (SSSR count). The Morgan fingerprint density at radius 2 is 2.16 bits per heavy atom. The van der Waals surface area contributed by atoms with Crippen LogP contribution in [0.1, 0.15) is 10.4 Å². The van der Waals surface area contributed by atoms with Gasteiger partial charge in [-0.25, -0.2) is 17.7 Å². The summed E-state index contributed by atoms with van der Waals surface area (Å²) in [5.74, 6) is -0.680. The zero-order chi connectivity index (χ0) is 14.6. The number of sulfonamides is 1. The van der Waals surface area contributed by atoms with Gasteiger partial charge in [0.05, 0.1) is 23.2 Å². The van der Waals surface area contributed by atoms with Crippen LogP contribution in [0.4, 0.5) is 5.69 Å². The smallest absolute Gasteiger partial charge is 0.253 e. The van der Waals surface area contributed by atoms with Crippen LogP contribution in [0.15, 0.2) is 12.3 Å². The predicted octanol–water partition coefficient (Wildman–Crippen LogP) is -0.0616. The Hall–Kier alpha value is -1.38. The van der Waals surface area contributed by atoms with Crippen molar-refractivity contribution in [2.45, 2.75) is 0 Å². The summed E-state index contributed by atoms with van der Waals surface area (Å²) in [4.78, 5) is 15.5. The predicted molar refractivity (Wildman–Crippen MR) is 73.5 cm³/mol. The minimum atomic E-state index is -3.35. The number of pyridine rings is 1. The number of hydrogen-bond acceptors (Lipinski definition) is 5. The van der Waals surface area contributed by atoms with Gasteiger partial charge in [0.25, 0.3) is 5.91 Å². The number of carbonyl (C=O) groups excluding carboxylic acids is 1. The van der Waals surface area contributed by atoms with E-state index in [1.807, 2.05) is 0 Å². The van der Waals surface area contributed by atoms with Crippen LogP contribution in [0, 0.1) is 0 Å². The molecule has 106 valence electrons. The molecule has 3 N–H and O–H groups in total. The van der Waals surface area contributed by atoms with Crippen molar-refractivity contribution in [1.82, 2.24) is 14.6 Å². The molecular formula is C10H15ClN4O3S. The lowest BCUT2D eigenvalue weighted by Gasteiger charge is -2.12. The lowest BCUT2D eigenvalue weighted by Crippen LogP contribution is -2.34. The first kappa shape index (κ1) is 15.7. The molecule has 0 radical (unpaired) electrons. The monoisotopic (exact) mass is 306 g/mol. The van der Waals surface area contributed by atoms with Crippen molar-refractivity contribution in [2.24, 2.45) is 0 Å². The Labute approximate surface area is 116 Å². The van der Waals surface area contributed by atoms with Crippen LogP contribution in [-0.2, 0) is 10.0 Å². The van der Waals surface area contributed by atoms with Crippen LogP contribution < -0.4 is 11.1 Å². The van der Waals surface area contributed by atoms with E-state index >= 15 is 0 Å². The number of aromatic nitrogens is 1. The maximum Gasteiger partial charge on any atom is 0.253 e. The Kier molecular flexibility index (Phi) is 5.10. The molecule has 0 fully saturated rings. The second kappa shape index (κ2) is 6.18. The van der Waals surface area contributed by atoms with Gasteiger partial charge in [0.1, 0.15) is 5.15 Å². The molecule has 0 aliphatic rings. The molecule has 19 heavy (non-hydrogen) atoms. The Bertz CT molecular complexity index is 574. The molecule has 1 amide bonds. The van der Waals surface area contributed by atoms with Crippen molar-refractivity contribution in [3.05, 3.63) is 23.0 Å². The van der Waals surface area contributed by atoms with Crippen molar-refractivity contribution < 1.29 is 13.2 Å². The van der Waals surface area contributed by atoms with Crippen LogP contribution in [0.25, 0.3) is 0 Å². The standard InChI is InChI=1S/C10H15ClN4O3S/c1-15(2)19(17,18)4-3-13-10(16)7-5-9(11)14-6-8(7)12/h5-6H,3-4,12H2,1-2H3,(H,13,16). The fourth-order valence-electron chi connectivity index (χ4n) is 1.21. The van der Waals surface area contributed by atoms with E-state index in [0.717, 1.165) is 4.31 Å². The van der Waals surface area contributed by atoms with Crippen molar-refractivity contribution in [3.63, 3.8) is 0 Å². The van der Waals surface area contributed by atoms with Gasteiger partial charge in [-0.1, -0.05) is 11.6 Å². The molecule has 0 aliphatic carbocycles. The maximum atomic E-state index is 11.8. The van der Waals surface area contributed by atoms with Gasteiger partial charge in [-0.05, 0) is 6.07 Å². The topological polar surface area (TPSA) is 105 Å². The summed E-state index contributed by atoms with van der Waals surface area (Å²) >= 11 is 5.66. The molecule has 7 nitrogen and oxygen atoms in total. The van der Waals surface area contributed by atoms with Gasteiger partial charge in [0.15, 0.2) is 0 Å².